The van der Waals surface area contributed by atoms with Gasteiger partial charge in [0, 0.05) is 36.7 Å². The fourth-order valence-corrected chi connectivity index (χ4v) is 3.20. The molecule has 1 heterocycles. The molecule has 21 heavy (non-hydrogen) atoms. The van der Waals surface area contributed by atoms with Crippen LogP contribution in [-0.4, -0.2) is 30.1 Å². The molecule has 1 aromatic rings. The lowest BCUT2D eigenvalue weighted by molar-refractivity contribution is 0.0783. The Balaban J connectivity index is 2.17. The lowest BCUT2D eigenvalue weighted by Crippen LogP contribution is -2.59. The summed E-state index contributed by atoms with van der Waals surface area (Å²) >= 11 is 6.23. The van der Waals surface area contributed by atoms with Crippen LogP contribution in [0.25, 0.3) is 0 Å². The lowest BCUT2D eigenvalue weighted by atomic mass is 9.93. The molecule has 2 nitrogen and oxygen atoms in total. The number of benzene rings is 1. The quantitative estimate of drug-likeness (QED) is 0.906. The Labute approximate surface area is 132 Å². The van der Waals surface area contributed by atoms with Crippen LogP contribution in [0.3, 0.4) is 0 Å². The van der Waals surface area contributed by atoms with Crippen molar-refractivity contribution in [2.45, 2.75) is 46.3 Å². The van der Waals surface area contributed by atoms with Gasteiger partial charge in [0.05, 0.1) is 0 Å². The molecule has 0 aromatic heterocycles. The maximum absolute atomic E-state index is 13.5. The van der Waals surface area contributed by atoms with Gasteiger partial charge in [-0.1, -0.05) is 39.3 Å². The molecular weight excluding hydrogens is 287 g/mol. The Morgan fingerprint density at radius 3 is 2.62 bits per heavy atom. The number of hydrogen-bond donors (Lipinski definition) is 1. The maximum atomic E-state index is 13.5. The van der Waals surface area contributed by atoms with Crippen LogP contribution in [0.4, 0.5) is 4.39 Å². The van der Waals surface area contributed by atoms with E-state index >= 15 is 0 Å². The van der Waals surface area contributed by atoms with Crippen LogP contribution in [0.1, 0.15) is 33.3 Å². The number of rotatable bonds is 4. The number of nitrogens with one attached hydrogen (secondary N) is 1. The molecule has 0 saturated carbocycles. The zero-order valence-electron chi connectivity index (χ0n) is 13.4. The van der Waals surface area contributed by atoms with Crippen molar-refractivity contribution in [1.82, 2.24) is 10.2 Å². The summed E-state index contributed by atoms with van der Waals surface area (Å²) in [6, 6.07) is 5.57. The van der Waals surface area contributed by atoms with E-state index < -0.39 is 0 Å². The first-order chi connectivity index (χ1) is 9.88. The third kappa shape index (κ3) is 4.18. The van der Waals surface area contributed by atoms with Crippen molar-refractivity contribution in [1.29, 1.82) is 0 Å². The summed E-state index contributed by atoms with van der Waals surface area (Å²) in [5, 5.41) is 4.29. The summed E-state index contributed by atoms with van der Waals surface area (Å²) in [5.41, 5.74) is 0.881. The lowest BCUT2D eigenvalue weighted by Gasteiger charge is -2.44. The van der Waals surface area contributed by atoms with Crippen molar-refractivity contribution in [3.05, 3.63) is 34.6 Å². The van der Waals surface area contributed by atoms with Gasteiger partial charge in [-0.3, -0.25) is 4.90 Å². The first-order valence-corrected chi connectivity index (χ1v) is 8.17. The molecule has 0 spiro atoms. The maximum Gasteiger partial charge on any atom is 0.123 e. The minimum atomic E-state index is -0.217. The van der Waals surface area contributed by atoms with E-state index in [1.165, 1.54) is 6.07 Å². The third-order valence-corrected chi connectivity index (χ3v) is 4.81. The zero-order chi connectivity index (χ0) is 15.6. The third-order valence-electron chi connectivity index (χ3n) is 4.44. The van der Waals surface area contributed by atoms with Crippen LogP contribution in [-0.2, 0) is 6.54 Å². The number of halogens is 2. The molecule has 118 valence electrons. The number of nitrogens with zero attached hydrogens (tertiary/aromatic N) is 1. The van der Waals surface area contributed by atoms with Gasteiger partial charge in [-0.2, -0.15) is 0 Å². The van der Waals surface area contributed by atoms with Crippen LogP contribution in [0.5, 0.6) is 0 Å². The van der Waals surface area contributed by atoms with Crippen molar-refractivity contribution in [2.75, 3.05) is 13.1 Å². The molecule has 0 aliphatic carbocycles. The highest BCUT2D eigenvalue weighted by atomic mass is 35.5. The van der Waals surface area contributed by atoms with Gasteiger partial charge in [-0.15, -0.1) is 0 Å². The highest BCUT2D eigenvalue weighted by molar-refractivity contribution is 6.31. The van der Waals surface area contributed by atoms with Gasteiger partial charge in [0.15, 0.2) is 0 Å². The summed E-state index contributed by atoms with van der Waals surface area (Å²) in [4.78, 5) is 2.45. The van der Waals surface area contributed by atoms with Gasteiger partial charge in [0.1, 0.15) is 5.82 Å². The molecule has 1 aliphatic heterocycles. The number of piperazine rings is 1. The minimum absolute atomic E-state index is 0.217. The molecule has 0 bridgehead atoms. The number of hydrogen-bond acceptors (Lipinski definition) is 2. The molecule has 2 unspecified atom stereocenters. The predicted octanol–water partition coefficient (Wildman–Crippen LogP) is 3.93. The smallest absolute Gasteiger partial charge is 0.123 e. The fourth-order valence-electron chi connectivity index (χ4n) is 3.02. The largest absolute Gasteiger partial charge is 0.311 e. The fraction of sp³-hybridized carbons (Fsp3) is 0.647. The monoisotopic (exact) mass is 312 g/mol. The Hall–Kier alpha value is -0.640. The van der Waals surface area contributed by atoms with Gasteiger partial charge in [0.2, 0.25) is 0 Å². The van der Waals surface area contributed by atoms with E-state index in [0.717, 1.165) is 18.7 Å². The molecule has 4 heteroatoms. The van der Waals surface area contributed by atoms with Crippen LogP contribution >= 0.6 is 11.6 Å². The molecule has 2 rings (SSSR count). The van der Waals surface area contributed by atoms with E-state index in [-0.39, 0.29) is 5.82 Å². The first kappa shape index (κ1) is 16.7. The highest BCUT2D eigenvalue weighted by Gasteiger charge is 2.31. The van der Waals surface area contributed by atoms with Gasteiger partial charge in [0.25, 0.3) is 0 Å². The normalized spacial score (nSPS) is 24.0. The van der Waals surface area contributed by atoms with Crippen molar-refractivity contribution < 1.29 is 4.39 Å². The van der Waals surface area contributed by atoms with Crippen LogP contribution < -0.4 is 5.32 Å². The Morgan fingerprint density at radius 2 is 2.00 bits per heavy atom. The van der Waals surface area contributed by atoms with E-state index in [9.17, 15) is 4.39 Å². The summed E-state index contributed by atoms with van der Waals surface area (Å²) in [6.45, 7) is 11.6. The van der Waals surface area contributed by atoms with Crippen molar-refractivity contribution in [3.63, 3.8) is 0 Å². The van der Waals surface area contributed by atoms with E-state index in [0.29, 0.717) is 35.5 Å². The van der Waals surface area contributed by atoms with Crippen LogP contribution in [0, 0.1) is 17.7 Å². The molecule has 1 fully saturated rings. The van der Waals surface area contributed by atoms with Crippen LogP contribution in [0.2, 0.25) is 5.02 Å². The molecule has 1 saturated heterocycles. The van der Waals surface area contributed by atoms with Gasteiger partial charge < -0.3 is 5.32 Å². The average molecular weight is 313 g/mol. The van der Waals surface area contributed by atoms with E-state index in [1.54, 1.807) is 12.1 Å². The second-order valence-electron chi connectivity index (χ2n) is 6.74. The molecule has 1 aliphatic rings. The van der Waals surface area contributed by atoms with Crippen LogP contribution in [0.15, 0.2) is 18.2 Å². The summed E-state index contributed by atoms with van der Waals surface area (Å²) < 4.78 is 13.5. The molecule has 0 amide bonds. The Kier molecular flexibility index (Phi) is 5.64. The highest BCUT2D eigenvalue weighted by Crippen LogP contribution is 2.24. The standard InChI is InChI=1S/C17H26ClFN2/c1-11(2)16-10-21(17(8-20-16)12(3)4)9-13-7-14(19)5-6-15(13)18/h5-7,11-12,16-17,20H,8-10H2,1-4H3. The SMILES string of the molecule is CC(C)C1CN(Cc2cc(F)ccc2Cl)C(C(C)C)CN1. The summed E-state index contributed by atoms with van der Waals surface area (Å²) in [7, 11) is 0. The summed E-state index contributed by atoms with van der Waals surface area (Å²) in [5.74, 6) is 0.924. The van der Waals surface area contributed by atoms with Crippen molar-refractivity contribution in [3.8, 4) is 0 Å². The average Bonchev–Trinajstić information content (AvgIpc) is 2.42. The molecule has 1 aromatic carbocycles. The summed E-state index contributed by atoms with van der Waals surface area (Å²) in [6.07, 6.45) is 0. The Morgan fingerprint density at radius 1 is 1.29 bits per heavy atom. The first-order valence-electron chi connectivity index (χ1n) is 7.79. The predicted molar refractivity (Wildman–Crippen MR) is 87.1 cm³/mol. The van der Waals surface area contributed by atoms with Gasteiger partial charge in [-0.05, 0) is 35.6 Å². The molecule has 1 N–H and O–H groups in total. The van der Waals surface area contributed by atoms with E-state index in [2.05, 4.69) is 37.9 Å². The van der Waals surface area contributed by atoms with E-state index in [4.69, 9.17) is 11.6 Å². The van der Waals surface area contributed by atoms with E-state index in [1.807, 2.05) is 0 Å². The van der Waals surface area contributed by atoms with Crippen molar-refractivity contribution >= 4 is 11.6 Å². The van der Waals surface area contributed by atoms with Gasteiger partial charge >= 0.3 is 0 Å². The van der Waals surface area contributed by atoms with Gasteiger partial charge in [-0.25, -0.2) is 4.39 Å². The zero-order valence-corrected chi connectivity index (χ0v) is 14.1. The molecule has 2 atom stereocenters. The molecule has 0 radical (unpaired) electrons. The van der Waals surface area contributed by atoms with Crippen molar-refractivity contribution in [2.24, 2.45) is 11.8 Å². The topological polar surface area (TPSA) is 15.3 Å². The molecular formula is C17H26ClFN2. The minimum Gasteiger partial charge on any atom is -0.311 e. The Bertz CT molecular complexity index is 476. The second-order valence-corrected chi connectivity index (χ2v) is 7.14. The second kappa shape index (κ2) is 7.08.